The predicted octanol–water partition coefficient (Wildman–Crippen LogP) is 1.57. The molecule has 21 heavy (non-hydrogen) atoms. The Labute approximate surface area is 118 Å². The molecule has 0 spiro atoms. The number of nitriles is 1. The number of aliphatic hydroxyl groups is 1. The van der Waals surface area contributed by atoms with Crippen molar-refractivity contribution in [2.45, 2.75) is 25.4 Å². The molecule has 0 radical (unpaired) electrons. The van der Waals surface area contributed by atoms with E-state index in [0.717, 1.165) is 22.1 Å². The lowest BCUT2D eigenvalue weighted by Gasteiger charge is -2.19. The van der Waals surface area contributed by atoms with Crippen LogP contribution in [-0.4, -0.2) is 39.8 Å². The molecule has 0 saturated carbocycles. The number of aliphatic hydroxyl groups excluding tert-OH is 1. The first-order valence-electron chi connectivity index (χ1n) is 5.95. The molecule has 1 N–H and O–H groups in total. The number of carbonyl (C=O) groups is 1. The average Bonchev–Trinajstić information content (AvgIpc) is 2.62. The number of rotatable bonds is 2. The number of hydrogen-bond acceptors (Lipinski definition) is 4. The van der Waals surface area contributed by atoms with E-state index < -0.39 is 30.0 Å². The Balaban J connectivity index is 2.38. The minimum absolute atomic E-state index is 0.271. The van der Waals surface area contributed by atoms with E-state index in [1.54, 1.807) is 6.07 Å². The minimum atomic E-state index is -4.58. The zero-order valence-corrected chi connectivity index (χ0v) is 10.9. The van der Waals surface area contributed by atoms with E-state index in [-0.39, 0.29) is 12.4 Å². The SMILES string of the molecule is CC1C(O)N(c2cc(C(F)(F)F)ccn2)C(=O)N1CC#N. The van der Waals surface area contributed by atoms with E-state index in [9.17, 15) is 23.1 Å². The number of urea groups is 1. The first-order valence-corrected chi connectivity index (χ1v) is 5.95. The molecule has 6 nitrogen and oxygen atoms in total. The second kappa shape index (κ2) is 5.21. The number of carbonyl (C=O) groups excluding carboxylic acids is 1. The van der Waals surface area contributed by atoms with Crippen LogP contribution >= 0.6 is 0 Å². The van der Waals surface area contributed by atoms with Crippen molar-refractivity contribution >= 4 is 11.8 Å². The standard InChI is InChI=1S/C12H11F3N4O2/c1-7-10(20)19(11(21)18(7)5-3-16)9-6-8(2-4-17-9)12(13,14)15/h2,4,6-7,10,20H,5H2,1H3. The Morgan fingerprint density at radius 1 is 1.52 bits per heavy atom. The van der Waals surface area contributed by atoms with Crippen molar-refractivity contribution in [2.75, 3.05) is 11.4 Å². The van der Waals surface area contributed by atoms with Crippen LogP contribution < -0.4 is 4.90 Å². The van der Waals surface area contributed by atoms with Crippen molar-refractivity contribution < 1.29 is 23.1 Å². The van der Waals surface area contributed by atoms with Gasteiger partial charge >= 0.3 is 12.2 Å². The molecule has 2 atom stereocenters. The van der Waals surface area contributed by atoms with Gasteiger partial charge in [-0.3, -0.25) is 0 Å². The summed E-state index contributed by atoms with van der Waals surface area (Å²) in [6, 6.07) is 1.73. The minimum Gasteiger partial charge on any atom is -0.371 e. The second-order valence-electron chi connectivity index (χ2n) is 4.49. The van der Waals surface area contributed by atoms with Gasteiger partial charge in [-0.2, -0.15) is 18.4 Å². The van der Waals surface area contributed by atoms with Gasteiger partial charge in [-0.1, -0.05) is 0 Å². The highest BCUT2D eigenvalue weighted by atomic mass is 19.4. The Morgan fingerprint density at radius 3 is 2.76 bits per heavy atom. The van der Waals surface area contributed by atoms with Gasteiger partial charge < -0.3 is 10.0 Å². The van der Waals surface area contributed by atoms with Crippen LogP contribution in [0.3, 0.4) is 0 Å². The van der Waals surface area contributed by atoms with E-state index in [1.807, 2.05) is 0 Å². The second-order valence-corrected chi connectivity index (χ2v) is 4.49. The van der Waals surface area contributed by atoms with Gasteiger partial charge in [-0.15, -0.1) is 0 Å². The summed E-state index contributed by atoms with van der Waals surface area (Å²) in [5.74, 6) is -0.311. The van der Waals surface area contributed by atoms with Crippen molar-refractivity contribution in [2.24, 2.45) is 0 Å². The summed E-state index contributed by atoms with van der Waals surface area (Å²) in [7, 11) is 0. The summed E-state index contributed by atoms with van der Waals surface area (Å²) in [4.78, 5) is 17.6. The molecular weight excluding hydrogens is 289 g/mol. The van der Waals surface area contributed by atoms with Crippen molar-refractivity contribution in [3.8, 4) is 6.07 Å². The third-order valence-electron chi connectivity index (χ3n) is 3.20. The lowest BCUT2D eigenvalue weighted by molar-refractivity contribution is -0.137. The average molecular weight is 300 g/mol. The Kier molecular flexibility index (Phi) is 3.74. The highest BCUT2D eigenvalue weighted by Crippen LogP contribution is 2.33. The molecule has 0 aromatic carbocycles. The van der Waals surface area contributed by atoms with Crippen molar-refractivity contribution in [3.05, 3.63) is 23.9 Å². The number of anilines is 1. The highest BCUT2D eigenvalue weighted by molar-refractivity contribution is 5.94. The summed E-state index contributed by atoms with van der Waals surface area (Å²) < 4.78 is 38.0. The maximum atomic E-state index is 12.7. The summed E-state index contributed by atoms with van der Waals surface area (Å²) in [5, 5.41) is 18.7. The molecule has 2 amide bonds. The van der Waals surface area contributed by atoms with Crippen molar-refractivity contribution in [1.82, 2.24) is 9.88 Å². The number of alkyl halides is 3. The van der Waals surface area contributed by atoms with Gasteiger partial charge in [0.05, 0.1) is 17.7 Å². The summed E-state index contributed by atoms with van der Waals surface area (Å²) in [6.45, 7) is 1.22. The lowest BCUT2D eigenvalue weighted by Crippen LogP contribution is -2.36. The highest BCUT2D eigenvalue weighted by Gasteiger charge is 2.44. The monoisotopic (exact) mass is 300 g/mol. The summed E-state index contributed by atoms with van der Waals surface area (Å²) in [5.41, 5.74) is -0.973. The fraction of sp³-hybridized carbons (Fsp3) is 0.417. The Hall–Kier alpha value is -2.34. The maximum absolute atomic E-state index is 12.7. The number of aromatic nitrogens is 1. The van der Waals surface area contributed by atoms with Crippen LogP contribution in [0.4, 0.5) is 23.8 Å². The van der Waals surface area contributed by atoms with Crippen LogP contribution in [0.5, 0.6) is 0 Å². The van der Waals surface area contributed by atoms with E-state index in [4.69, 9.17) is 5.26 Å². The van der Waals surface area contributed by atoms with Gasteiger partial charge in [0.15, 0.2) is 6.23 Å². The fourth-order valence-electron chi connectivity index (χ4n) is 2.05. The maximum Gasteiger partial charge on any atom is 0.416 e. The quantitative estimate of drug-likeness (QED) is 0.841. The number of halogens is 3. The summed E-state index contributed by atoms with van der Waals surface area (Å²) in [6.07, 6.45) is -5.04. The van der Waals surface area contributed by atoms with Crippen LogP contribution in [0.2, 0.25) is 0 Å². The summed E-state index contributed by atoms with van der Waals surface area (Å²) >= 11 is 0. The number of nitrogens with zero attached hydrogens (tertiary/aromatic N) is 4. The molecule has 9 heteroatoms. The zero-order chi connectivity index (χ0) is 15.8. The largest absolute Gasteiger partial charge is 0.416 e. The third kappa shape index (κ3) is 2.62. The first-order chi connectivity index (χ1) is 9.77. The molecule has 1 aliphatic rings. The van der Waals surface area contributed by atoms with Crippen LogP contribution in [0.1, 0.15) is 12.5 Å². The molecule has 112 valence electrons. The Morgan fingerprint density at radius 2 is 2.19 bits per heavy atom. The molecular formula is C12H11F3N4O2. The van der Waals surface area contributed by atoms with E-state index in [0.29, 0.717) is 6.07 Å². The van der Waals surface area contributed by atoms with E-state index in [2.05, 4.69) is 4.98 Å². The topological polar surface area (TPSA) is 80.5 Å². The van der Waals surface area contributed by atoms with Gasteiger partial charge in [0.25, 0.3) is 0 Å². The van der Waals surface area contributed by atoms with Gasteiger partial charge in [0.1, 0.15) is 12.4 Å². The number of amides is 2. The molecule has 2 rings (SSSR count). The lowest BCUT2D eigenvalue weighted by atomic mass is 10.2. The van der Waals surface area contributed by atoms with Gasteiger partial charge in [-0.05, 0) is 19.1 Å². The van der Waals surface area contributed by atoms with Crippen LogP contribution in [0.15, 0.2) is 18.3 Å². The first kappa shape index (κ1) is 15.1. The van der Waals surface area contributed by atoms with Crippen LogP contribution in [-0.2, 0) is 6.18 Å². The Bertz CT molecular complexity index is 599. The predicted molar refractivity (Wildman–Crippen MR) is 64.9 cm³/mol. The number of pyridine rings is 1. The van der Waals surface area contributed by atoms with Gasteiger partial charge in [0, 0.05) is 6.20 Å². The molecule has 2 unspecified atom stereocenters. The number of hydrogen-bond donors (Lipinski definition) is 1. The van der Waals surface area contributed by atoms with E-state index in [1.165, 1.54) is 6.92 Å². The molecule has 1 fully saturated rings. The smallest absolute Gasteiger partial charge is 0.371 e. The van der Waals surface area contributed by atoms with Crippen LogP contribution in [0.25, 0.3) is 0 Å². The van der Waals surface area contributed by atoms with E-state index >= 15 is 0 Å². The zero-order valence-electron chi connectivity index (χ0n) is 10.9. The molecule has 1 aromatic heterocycles. The third-order valence-corrected chi connectivity index (χ3v) is 3.20. The molecule has 2 heterocycles. The fourth-order valence-corrected chi connectivity index (χ4v) is 2.05. The molecule has 1 aliphatic heterocycles. The van der Waals surface area contributed by atoms with Crippen molar-refractivity contribution in [3.63, 3.8) is 0 Å². The van der Waals surface area contributed by atoms with Crippen LogP contribution in [0, 0.1) is 11.3 Å². The van der Waals surface area contributed by atoms with Gasteiger partial charge in [-0.25, -0.2) is 14.7 Å². The molecule has 1 saturated heterocycles. The molecule has 0 bridgehead atoms. The molecule has 0 aliphatic carbocycles. The van der Waals surface area contributed by atoms with Gasteiger partial charge in [0.2, 0.25) is 0 Å². The molecule has 1 aromatic rings. The van der Waals surface area contributed by atoms with Crippen molar-refractivity contribution in [1.29, 1.82) is 5.26 Å². The normalized spacial score (nSPS) is 22.6.